The third-order valence-electron chi connectivity index (χ3n) is 4.92. The highest BCUT2D eigenvalue weighted by Gasteiger charge is 2.68. The number of hydrogen-bond acceptors (Lipinski definition) is 1. The molecule has 3 aliphatic rings. The molecular weight excluding hydrogens is 162 g/mol. The lowest BCUT2D eigenvalue weighted by Crippen LogP contribution is -2.68. The number of nitrogens with one attached hydrogen (secondary N) is 1. The molecule has 4 atom stereocenters. The van der Waals surface area contributed by atoms with Gasteiger partial charge in [0, 0.05) is 5.54 Å². The summed E-state index contributed by atoms with van der Waals surface area (Å²) in [6, 6.07) is 0. The molecule has 1 saturated heterocycles. The maximum Gasteiger partial charge on any atom is 0.225 e. The van der Waals surface area contributed by atoms with Crippen LogP contribution in [0.25, 0.3) is 0 Å². The van der Waals surface area contributed by atoms with Crippen LogP contribution in [-0.4, -0.2) is 11.4 Å². The smallest absolute Gasteiger partial charge is 0.225 e. The molecule has 0 spiro atoms. The number of hydrogen-bond donors (Lipinski definition) is 1. The number of β-lactam (4-membered cyclic amide) rings is 1. The first-order chi connectivity index (χ1) is 5.95. The van der Waals surface area contributed by atoms with E-state index < -0.39 is 0 Å². The second-order valence-corrected chi connectivity index (χ2v) is 5.93. The van der Waals surface area contributed by atoms with Crippen LogP contribution in [0.2, 0.25) is 0 Å². The molecule has 1 heterocycles. The van der Waals surface area contributed by atoms with E-state index in [9.17, 15) is 4.79 Å². The van der Waals surface area contributed by atoms with Crippen LogP contribution in [0.15, 0.2) is 0 Å². The predicted molar refractivity (Wildman–Crippen MR) is 50.0 cm³/mol. The Labute approximate surface area is 79.1 Å². The van der Waals surface area contributed by atoms with E-state index in [1.165, 1.54) is 6.42 Å². The van der Waals surface area contributed by atoms with Gasteiger partial charge in [-0.05, 0) is 37.0 Å². The van der Waals surface area contributed by atoms with Gasteiger partial charge in [-0.1, -0.05) is 13.8 Å². The minimum absolute atomic E-state index is 0.159. The van der Waals surface area contributed by atoms with Gasteiger partial charge in [-0.3, -0.25) is 4.79 Å². The summed E-state index contributed by atoms with van der Waals surface area (Å²) < 4.78 is 0. The molecule has 0 bridgehead atoms. The largest absolute Gasteiger partial charge is 0.350 e. The highest BCUT2D eigenvalue weighted by Crippen LogP contribution is 2.68. The molecule has 3 fully saturated rings. The van der Waals surface area contributed by atoms with Gasteiger partial charge in [0.15, 0.2) is 0 Å². The maximum atomic E-state index is 11.3. The van der Waals surface area contributed by atoms with E-state index in [1.807, 2.05) is 0 Å². The van der Waals surface area contributed by atoms with Crippen LogP contribution in [0.1, 0.15) is 33.6 Å². The monoisotopic (exact) mass is 179 g/mol. The highest BCUT2D eigenvalue weighted by atomic mass is 16.2. The quantitative estimate of drug-likeness (QED) is 0.562. The lowest BCUT2D eigenvalue weighted by molar-refractivity contribution is -0.143. The van der Waals surface area contributed by atoms with E-state index >= 15 is 0 Å². The molecule has 2 heteroatoms. The number of fused-ring (bicyclic) bond motifs is 2. The van der Waals surface area contributed by atoms with Crippen LogP contribution >= 0.6 is 0 Å². The summed E-state index contributed by atoms with van der Waals surface area (Å²) in [5.41, 5.74) is 0.675. The highest BCUT2D eigenvalue weighted by molar-refractivity contribution is 5.88. The Bertz CT molecular complexity index is 296. The van der Waals surface area contributed by atoms with Crippen molar-refractivity contribution in [1.29, 1.82) is 0 Å². The minimum Gasteiger partial charge on any atom is -0.350 e. The molecule has 72 valence electrons. The summed E-state index contributed by atoms with van der Waals surface area (Å²) >= 11 is 0. The van der Waals surface area contributed by atoms with Gasteiger partial charge in [-0.25, -0.2) is 0 Å². The van der Waals surface area contributed by atoms with Gasteiger partial charge < -0.3 is 5.32 Å². The van der Waals surface area contributed by atoms with E-state index in [2.05, 4.69) is 26.1 Å². The molecule has 0 aromatic heterocycles. The van der Waals surface area contributed by atoms with Crippen molar-refractivity contribution in [2.45, 2.75) is 39.2 Å². The Balaban J connectivity index is 1.87. The first-order valence-electron chi connectivity index (χ1n) is 5.27. The third-order valence-corrected chi connectivity index (χ3v) is 4.92. The molecule has 2 saturated carbocycles. The number of rotatable bonds is 0. The molecule has 13 heavy (non-hydrogen) atoms. The standard InChI is InChI=1S/C11H17NO/c1-10(2)6-4-7-9(13)12-11(7,3)5-8(6)10/h6-8H,4-5H2,1-3H3,(H,12,13). The summed E-state index contributed by atoms with van der Waals surface area (Å²) in [4.78, 5) is 11.3. The molecule has 0 radical (unpaired) electrons. The van der Waals surface area contributed by atoms with Crippen molar-refractivity contribution in [3.63, 3.8) is 0 Å². The Hall–Kier alpha value is -0.530. The Morgan fingerprint density at radius 1 is 1.31 bits per heavy atom. The molecule has 0 aromatic rings. The van der Waals surface area contributed by atoms with Crippen molar-refractivity contribution in [1.82, 2.24) is 5.32 Å². The van der Waals surface area contributed by atoms with Gasteiger partial charge in [0.2, 0.25) is 5.91 Å². The first-order valence-corrected chi connectivity index (χ1v) is 5.27. The molecule has 3 rings (SSSR count). The normalized spacial score (nSPS) is 55.6. The van der Waals surface area contributed by atoms with E-state index in [4.69, 9.17) is 0 Å². The Morgan fingerprint density at radius 2 is 2.00 bits per heavy atom. The minimum atomic E-state index is 0.159. The molecule has 1 aliphatic heterocycles. The maximum absolute atomic E-state index is 11.3. The van der Waals surface area contributed by atoms with Crippen LogP contribution in [0, 0.1) is 23.2 Å². The zero-order chi connectivity index (χ0) is 9.43. The molecule has 0 aromatic carbocycles. The van der Waals surface area contributed by atoms with Gasteiger partial charge in [0.25, 0.3) is 0 Å². The van der Waals surface area contributed by atoms with Crippen LogP contribution < -0.4 is 5.32 Å². The van der Waals surface area contributed by atoms with Crippen molar-refractivity contribution in [3.05, 3.63) is 0 Å². The molecular formula is C11H17NO. The molecule has 4 unspecified atom stereocenters. The lowest BCUT2D eigenvalue weighted by atomic mass is 9.68. The van der Waals surface area contributed by atoms with Crippen LogP contribution in [0.5, 0.6) is 0 Å². The average molecular weight is 179 g/mol. The number of carbonyl (C=O) groups is 1. The summed E-state index contributed by atoms with van der Waals surface area (Å²) in [6.07, 6.45) is 2.35. The zero-order valence-corrected chi connectivity index (χ0v) is 8.55. The summed E-state index contributed by atoms with van der Waals surface area (Å²) in [5.74, 6) is 2.32. The van der Waals surface area contributed by atoms with Crippen molar-refractivity contribution in [3.8, 4) is 0 Å². The van der Waals surface area contributed by atoms with Gasteiger partial charge in [-0.15, -0.1) is 0 Å². The van der Waals surface area contributed by atoms with E-state index in [0.29, 0.717) is 17.2 Å². The van der Waals surface area contributed by atoms with Gasteiger partial charge in [-0.2, -0.15) is 0 Å². The molecule has 1 amide bonds. The molecule has 2 nitrogen and oxygen atoms in total. The molecule has 2 aliphatic carbocycles. The fourth-order valence-corrected chi connectivity index (χ4v) is 3.67. The zero-order valence-electron chi connectivity index (χ0n) is 8.55. The fourth-order valence-electron chi connectivity index (χ4n) is 3.67. The van der Waals surface area contributed by atoms with Gasteiger partial charge in [0.05, 0.1) is 5.92 Å². The Morgan fingerprint density at radius 3 is 2.62 bits per heavy atom. The van der Waals surface area contributed by atoms with Gasteiger partial charge >= 0.3 is 0 Å². The summed E-state index contributed by atoms with van der Waals surface area (Å²) in [7, 11) is 0. The predicted octanol–water partition coefficient (Wildman–Crippen LogP) is 1.56. The SMILES string of the molecule is CC12CC3C(CC1C(=O)N2)C3(C)C. The molecule has 1 N–H and O–H groups in total. The number of amides is 1. The van der Waals surface area contributed by atoms with E-state index in [-0.39, 0.29) is 5.54 Å². The van der Waals surface area contributed by atoms with Crippen molar-refractivity contribution >= 4 is 5.91 Å². The lowest BCUT2D eigenvalue weighted by Gasteiger charge is -2.49. The second kappa shape index (κ2) is 1.79. The van der Waals surface area contributed by atoms with Crippen LogP contribution in [0.3, 0.4) is 0 Å². The third kappa shape index (κ3) is 0.733. The van der Waals surface area contributed by atoms with Gasteiger partial charge in [0.1, 0.15) is 0 Å². The first kappa shape index (κ1) is 7.84. The van der Waals surface area contributed by atoms with Crippen molar-refractivity contribution < 1.29 is 4.79 Å². The average Bonchev–Trinajstić information content (AvgIpc) is 2.50. The number of carbonyl (C=O) groups excluding carboxylic acids is 1. The van der Waals surface area contributed by atoms with Crippen LogP contribution in [-0.2, 0) is 4.79 Å². The summed E-state index contributed by atoms with van der Waals surface area (Å²) in [5, 5.41) is 3.08. The Kier molecular flexibility index (Phi) is 1.08. The van der Waals surface area contributed by atoms with Crippen LogP contribution in [0.4, 0.5) is 0 Å². The second-order valence-electron chi connectivity index (χ2n) is 5.93. The van der Waals surface area contributed by atoms with E-state index in [1.54, 1.807) is 0 Å². The van der Waals surface area contributed by atoms with E-state index in [0.717, 1.165) is 18.3 Å². The topological polar surface area (TPSA) is 29.1 Å². The summed E-state index contributed by atoms with van der Waals surface area (Å²) in [6.45, 7) is 6.91. The fraction of sp³-hybridized carbons (Fsp3) is 0.909. The van der Waals surface area contributed by atoms with Crippen molar-refractivity contribution in [2.75, 3.05) is 0 Å². The van der Waals surface area contributed by atoms with Crippen molar-refractivity contribution in [2.24, 2.45) is 23.2 Å².